The Morgan fingerprint density at radius 3 is 2.31 bits per heavy atom. The van der Waals surface area contributed by atoms with Crippen molar-refractivity contribution in [2.75, 3.05) is 25.0 Å². The topological polar surface area (TPSA) is 87.7 Å². The first-order chi connectivity index (χ1) is 12.3. The van der Waals surface area contributed by atoms with Gasteiger partial charge in [-0.25, -0.2) is 4.79 Å². The Morgan fingerprint density at radius 2 is 1.77 bits per heavy atom. The fourth-order valence-electron chi connectivity index (χ4n) is 2.48. The van der Waals surface area contributed by atoms with Gasteiger partial charge in [-0.15, -0.1) is 0 Å². The summed E-state index contributed by atoms with van der Waals surface area (Å²) in [6.07, 6.45) is -0.633. The summed E-state index contributed by atoms with van der Waals surface area (Å²) in [5.74, 6) is -0.573. The van der Waals surface area contributed by atoms with Crippen LogP contribution in [0.3, 0.4) is 0 Å². The first kappa shape index (κ1) is 21.5. The smallest absolute Gasteiger partial charge is 0.407 e. The number of carbonyl (C=O) groups is 3. The lowest BCUT2D eigenvalue weighted by molar-refractivity contribution is -0.119. The van der Waals surface area contributed by atoms with Crippen LogP contribution in [0.1, 0.15) is 45.0 Å². The van der Waals surface area contributed by atoms with Crippen LogP contribution in [0.15, 0.2) is 24.3 Å². The minimum absolute atomic E-state index is 0.0869. The second kappa shape index (κ2) is 10.4. The van der Waals surface area contributed by atoms with Crippen molar-refractivity contribution in [3.8, 4) is 0 Å². The van der Waals surface area contributed by atoms with Crippen molar-refractivity contribution in [1.82, 2.24) is 10.2 Å². The lowest BCUT2D eigenvalue weighted by atomic mass is 10.0. The number of nitrogens with zero attached hydrogens (tertiary/aromatic N) is 1. The van der Waals surface area contributed by atoms with Crippen molar-refractivity contribution in [2.24, 2.45) is 5.92 Å². The Bertz CT molecular complexity index is 627. The molecule has 1 aromatic carbocycles. The van der Waals surface area contributed by atoms with Crippen LogP contribution in [0, 0.1) is 5.92 Å². The van der Waals surface area contributed by atoms with E-state index in [-0.39, 0.29) is 24.3 Å². The first-order valence-corrected chi connectivity index (χ1v) is 8.97. The average Bonchev–Trinajstić information content (AvgIpc) is 2.60. The van der Waals surface area contributed by atoms with E-state index < -0.39 is 12.1 Å². The van der Waals surface area contributed by atoms with Gasteiger partial charge in [0.2, 0.25) is 5.91 Å². The fourth-order valence-corrected chi connectivity index (χ4v) is 2.48. The van der Waals surface area contributed by atoms with E-state index >= 15 is 0 Å². The van der Waals surface area contributed by atoms with Crippen LogP contribution in [-0.2, 0) is 9.53 Å². The summed E-state index contributed by atoms with van der Waals surface area (Å²) in [6, 6.07) is 6.04. The molecule has 0 aliphatic heterocycles. The highest BCUT2D eigenvalue weighted by molar-refractivity contribution is 5.99. The Morgan fingerprint density at radius 1 is 1.12 bits per heavy atom. The number of anilines is 1. The predicted molar refractivity (Wildman–Crippen MR) is 101 cm³/mol. The molecule has 1 rings (SSSR count). The van der Waals surface area contributed by atoms with Crippen LogP contribution in [0.25, 0.3) is 0 Å². The van der Waals surface area contributed by atoms with Gasteiger partial charge in [-0.1, -0.05) is 19.9 Å². The minimum Gasteiger partial charge on any atom is -0.450 e. The molecule has 3 amide bonds. The number of carbonyl (C=O) groups excluding carboxylic acids is 3. The van der Waals surface area contributed by atoms with Gasteiger partial charge in [0, 0.05) is 24.3 Å². The number of amides is 3. The summed E-state index contributed by atoms with van der Waals surface area (Å²) in [7, 11) is 0. The molecule has 0 spiro atoms. The molecule has 0 saturated heterocycles. The molecule has 7 nitrogen and oxygen atoms in total. The Labute approximate surface area is 155 Å². The number of benzene rings is 1. The van der Waals surface area contributed by atoms with Crippen molar-refractivity contribution in [2.45, 2.75) is 40.7 Å². The highest BCUT2D eigenvalue weighted by Gasteiger charge is 2.25. The second-order valence-electron chi connectivity index (χ2n) is 6.13. The first-order valence-electron chi connectivity index (χ1n) is 8.97. The molecule has 0 aromatic heterocycles. The van der Waals surface area contributed by atoms with Gasteiger partial charge in [-0.2, -0.15) is 0 Å². The van der Waals surface area contributed by atoms with Crippen LogP contribution in [-0.4, -0.2) is 48.5 Å². The third-order valence-corrected chi connectivity index (χ3v) is 3.93. The van der Waals surface area contributed by atoms with E-state index in [2.05, 4.69) is 10.6 Å². The van der Waals surface area contributed by atoms with E-state index in [1.54, 1.807) is 36.1 Å². The summed E-state index contributed by atoms with van der Waals surface area (Å²) in [5, 5.41) is 5.32. The van der Waals surface area contributed by atoms with Crippen molar-refractivity contribution < 1.29 is 19.1 Å². The van der Waals surface area contributed by atoms with Crippen LogP contribution < -0.4 is 10.6 Å². The molecule has 0 heterocycles. The number of rotatable bonds is 8. The number of nitrogens with one attached hydrogen (secondary N) is 2. The largest absolute Gasteiger partial charge is 0.450 e. The number of hydrogen-bond donors (Lipinski definition) is 2. The molecule has 0 fully saturated rings. The zero-order valence-corrected chi connectivity index (χ0v) is 16.2. The van der Waals surface area contributed by atoms with Gasteiger partial charge >= 0.3 is 6.09 Å². The van der Waals surface area contributed by atoms with Gasteiger partial charge in [0.05, 0.1) is 6.61 Å². The third kappa shape index (κ3) is 6.06. The third-order valence-electron chi connectivity index (χ3n) is 3.93. The number of alkyl carbamates (subject to hydrolysis) is 1. The monoisotopic (exact) mass is 363 g/mol. The zero-order chi connectivity index (χ0) is 19.7. The minimum atomic E-state index is -0.740. The molecule has 1 unspecified atom stereocenters. The Balaban J connectivity index is 2.89. The molecular weight excluding hydrogens is 334 g/mol. The molecule has 26 heavy (non-hydrogen) atoms. The SMILES string of the molecule is CCOC(=O)NC(C(=O)Nc1cccc(C(=O)N(CC)CC)c1)C(C)C. The maximum absolute atomic E-state index is 12.5. The molecule has 0 aliphatic carbocycles. The summed E-state index contributed by atoms with van der Waals surface area (Å²) in [4.78, 5) is 38.3. The van der Waals surface area contributed by atoms with Gasteiger partial charge in [0.15, 0.2) is 0 Å². The molecule has 0 bridgehead atoms. The van der Waals surface area contributed by atoms with Gasteiger partial charge in [0.1, 0.15) is 6.04 Å². The van der Waals surface area contributed by atoms with E-state index in [0.717, 1.165) is 0 Å². The van der Waals surface area contributed by atoms with Gasteiger partial charge in [-0.3, -0.25) is 9.59 Å². The van der Waals surface area contributed by atoms with Crippen molar-refractivity contribution in [3.63, 3.8) is 0 Å². The maximum atomic E-state index is 12.5. The Hall–Kier alpha value is -2.57. The van der Waals surface area contributed by atoms with Crippen molar-refractivity contribution >= 4 is 23.6 Å². The van der Waals surface area contributed by atoms with Gasteiger partial charge in [-0.05, 0) is 44.9 Å². The lowest BCUT2D eigenvalue weighted by Crippen LogP contribution is -2.47. The summed E-state index contributed by atoms with van der Waals surface area (Å²) in [6.45, 7) is 10.7. The second-order valence-corrected chi connectivity index (χ2v) is 6.13. The van der Waals surface area contributed by atoms with Crippen molar-refractivity contribution in [1.29, 1.82) is 0 Å². The quantitative estimate of drug-likeness (QED) is 0.743. The number of ether oxygens (including phenoxy) is 1. The fraction of sp³-hybridized carbons (Fsp3) is 0.526. The summed E-state index contributed by atoms with van der Waals surface area (Å²) >= 11 is 0. The zero-order valence-electron chi connectivity index (χ0n) is 16.2. The summed E-state index contributed by atoms with van der Waals surface area (Å²) in [5.41, 5.74) is 1.01. The highest BCUT2D eigenvalue weighted by Crippen LogP contribution is 2.14. The average molecular weight is 363 g/mol. The molecule has 1 atom stereocenters. The molecule has 0 radical (unpaired) electrons. The predicted octanol–water partition coefficient (Wildman–Crippen LogP) is 2.88. The molecule has 0 aliphatic rings. The normalized spacial score (nSPS) is 11.6. The molecule has 1 aromatic rings. The van der Waals surface area contributed by atoms with Crippen LogP contribution in [0.5, 0.6) is 0 Å². The Kier molecular flexibility index (Phi) is 8.61. The molecule has 7 heteroatoms. The molecule has 2 N–H and O–H groups in total. The highest BCUT2D eigenvalue weighted by atomic mass is 16.5. The lowest BCUT2D eigenvalue weighted by Gasteiger charge is -2.22. The molecular formula is C19H29N3O4. The van der Waals surface area contributed by atoms with Crippen LogP contribution in [0.2, 0.25) is 0 Å². The summed E-state index contributed by atoms with van der Waals surface area (Å²) < 4.78 is 4.84. The molecule has 0 saturated carbocycles. The van der Waals surface area contributed by atoms with Crippen LogP contribution >= 0.6 is 0 Å². The molecule has 144 valence electrons. The van der Waals surface area contributed by atoms with Crippen molar-refractivity contribution in [3.05, 3.63) is 29.8 Å². The van der Waals surface area contributed by atoms with E-state index in [1.165, 1.54) is 0 Å². The van der Waals surface area contributed by atoms with Crippen LogP contribution in [0.4, 0.5) is 10.5 Å². The van der Waals surface area contributed by atoms with E-state index in [1.807, 2.05) is 27.7 Å². The maximum Gasteiger partial charge on any atom is 0.407 e. The van der Waals surface area contributed by atoms with E-state index in [9.17, 15) is 14.4 Å². The van der Waals surface area contributed by atoms with Gasteiger partial charge < -0.3 is 20.3 Å². The number of hydrogen-bond acceptors (Lipinski definition) is 4. The van der Waals surface area contributed by atoms with Gasteiger partial charge in [0.25, 0.3) is 5.91 Å². The van der Waals surface area contributed by atoms with E-state index in [4.69, 9.17) is 4.74 Å². The standard InChI is InChI=1S/C19H29N3O4/c1-6-22(7-2)18(24)14-10-9-11-15(12-14)20-17(23)16(13(4)5)21-19(25)26-8-3/h9-13,16H,6-8H2,1-5H3,(H,20,23)(H,21,25). The van der Waals surface area contributed by atoms with E-state index in [0.29, 0.717) is 24.3 Å².